The van der Waals surface area contributed by atoms with E-state index in [0.717, 1.165) is 6.42 Å². The smallest absolute Gasteiger partial charge is 0.343 e. The number of nitrogens with one attached hydrogen (secondary N) is 2. The van der Waals surface area contributed by atoms with Crippen LogP contribution < -0.4 is 20.2 Å². The quantitative estimate of drug-likeness (QED) is 0.190. The molecule has 0 heterocycles. The molecule has 180 valence electrons. The lowest BCUT2D eigenvalue weighted by Gasteiger charge is -2.07. The highest BCUT2D eigenvalue weighted by molar-refractivity contribution is 6.30. The Morgan fingerprint density at radius 3 is 2.34 bits per heavy atom. The maximum atomic E-state index is 12.2. The van der Waals surface area contributed by atoms with E-state index in [1.54, 1.807) is 66.7 Å². The highest BCUT2D eigenvalue weighted by Crippen LogP contribution is 2.16. The van der Waals surface area contributed by atoms with Crippen LogP contribution >= 0.6 is 11.6 Å². The second-order valence-corrected chi connectivity index (χ2v) is 7.75. The molecule has 3 aromatic carbocycles. The molecule has 0 aliphatic carbocycles. The molecule has 3 aromatic rings. The van der Waals surface area contributed by atoms with Gasteiger partial charge in [0.15, 0.2) is 0 Å². The largest absolute Gasteiger partial charge is 0.494 e. The van der Waals surface area contributed by atoms with Crippen LogP contribution in [-0.2, 0) is 4.79 Å². The van der Waals surface area contributed by atoms with Gasteiger partial charge in [0.1, 0.15) is 11.5 Å². The lowest BCUT2D eigenvalue weighted by Crippen LogP contribution is -2.34. The lowest BCUT2D eigenvalue weighted by atomic mass is 10.2. The van der Waals surface area contributed by atoms with Gasteiger partial charge >= 0.3 is 5.97 Å². The van der Waals surface area contributed by atoms with Crippen LogP contribution in [0.15, 0.2) is 77.9 Å². The number of halogens is 1. The molecule has 0 saturated heterocycles. The Hall–Kier alpha value is -4.17. The fraction of sp³-hybridized carbons (Fsp3) is 0.154. The van der Waals surface area contributed by atoms with Gasteiger partial charge in [0.05, 0.1) is 24.9 Å². The number of esters is 1. The fourth-order valence-electron chi connectivity index (χ4n) is 2.81. The predicted molar refractivity (Wildman–Crippen MR) is 133 cm³/mol. The van der Waals surface area contributed by atoms with Crippen molar-refractivity contribution in [2.24, 2.45) is 5.10 Å². The van der Waals surface area contributed by atoms with Gasteiger partial charge in [-0.05, 0) is 78.7 Å². The number of rotatable bonds is 10. The van der Waals surface area contributed by atoms with Crippen LogP contribution in [0.5, 0.6) is 11.5 Å². The second kappa shape index (κ2) is 12.9. The Kier molecular flexibility index (Phi) is 9.39. The first-order valence-electron chi connectivity index (χ1n) is 10.9. The Balaban J connectivity index is 1.42. The summed E-state index contributed by atoms with van der Waals surface area (Å²) in [4.78, 5) is 36.3. The summed E-state index contributed by atoms with van der Waals surface area (Å²) in [6.07, 6.45) is 2.32. The van der Waals surface area contributed by atoms with E-state index in [4.69, 9.17) is 21.1 Å². The van der Waals surface area contributed by atoms with Gasteiger partial charge in [0, 0.05) is 10.6 Å². The molecule has 0 unspecified atom stereocenters. The number of hydrogen-bond donors (Lipinski definition) is 2. The summed E-state index contributed by atoms with van der Waals surface area (Å²) in [5.41, 5.74) is 3.77. The van der Waals surface area contributed by atoms with E-state index in [0.29, 0.717) is 39.8 Å². The van der Waals surface area contributed by atoms with Crippen LogP contribution in [0.25, 0.3) is 0 Å². The Bertz CT molecular complexity index is 1190. The van der Waals surface area contributed by atoms with Crippen molar-refractivity contribution in [3.8, 4) is 11.5 Å². The molecule has 35 heavy (non-hydrogen) atoms. The molecule has 0 aliphatic heterocycles. The van der Waals surface area contributed by atoms with Crippen LogP contribution in [0, 0.1) is 0 Å². The van der Waals surface area contributed by atoms with E-state index in [2.05, 4.69) is 15.8 Å². The average molecular weight is 494 g/mol. The van der Waals surface area contributed by atoms with Crippen molar-refractivity contribution in [3.05, 3.63) is 94.5 Å². The number of hydrazone groups is 1. The summed E-state index contributed by atoms with van der Waals surface area (Å²) in [7, 11) is 0. The molecule has 0 fully saturated rings. The summed E-state index contributed by atoms with van der Waals surface area (Å²) < 4.78 is 10.8. The zero-order chi connectivity index (χ0) is 25.0. The molecule has 0 bridgehead atoms. The van der Waals surface area contributed by atoms with E-state index in [9.17, 15) is 14.4 Å². The monoisotopic (exact) mass is 493 g/mol. The highest BCUT2D eigenvalue weighted by atomic mass is 35.5. The SMILES string of the molecule is CCCOc1ccc(C(=O)NCC(=O)NN=Cc2ccc(OC(=O)c3cccc(Cl)c3)cc2)cc1. The van der Waals surface area contributed by atoms with Crippen molar-refractivity contribution in [1.29, 1.82) is 0 Å². The normalized spacial score (nSPS) is 10.6. The molecule has 3 rings (SSSR count). The number of benzene rings is 3. The van der Waals surface area contributed by atoms with E-state index in [-0.39, 0.29) is 12.5 Å². The minimum atomic E-state index is -0.524. The zero-order valence-corrected chi connectivity index (χ0v) is 19.7. The van der Waals surface area contributed by atoms with Crippen LogP contribution in [0.1, 0.15) is 39.6 Å². The molecule has 2 N–H and O–H groups in total. The third-order valence-electron chi connectivity index (χ3n) is 4.55. The van der Waals surface area contributed by atoms with E-state index in [1.165, 1.54) is 12.3 Å². The summed E-state index contributed by atoms with van der Waals surface area (Å²) in [6.45, 7) is 2.38. The number of carbonyl (C=O) groups is 3. The highest BCUT2D eigenvalue weighted by Gasteiger charge is 2.09. The number of carbonyl (C=O) groups excluding carboxylic acids is 3. The van der Waals surface area contributed by atoms with Crippen molar-refractivity contribution in [2.45, 2.75) is 13.3 Å². The van der Waals surface area contributed by atoms with Crippen LogP contribution in [0.4, 0.5) is 0 Å². The Morgan fingerprint density at radius 2 is 1.66 bits per heavy atom. The van der Waals surface area contributed by atoms with Gasteiger partial charge in [-0.2, -0.15) is 5.10 Å². The lowest BCUT2D eigenvalue weighted by molar-refractivity contribution is -0.120. The van der Waals surface area contributed by atoms with Gasteiger partial charge in [0.2, 0.25) is 0 Å². The first kappa shape index (κ1) is 25.5. The summed E-state index contributed by atoms with van der Waals surface area (Å²) >= 11 is 5.89. The summed E-state index contributed by atoms with van der Waals surface area (Å²) in [5, 5.41) is 6.84. The van der Waals surface area contributed by atoms with Gasteiger partial charge in [-0.15, -0.1) is 0 Å². The molecular formula is C26H24ClN3O5. The van der Waals surface area contributed by atoms with Gasteiger partial charge in [-0.3, -0.25) is 9.59 Å². The summed E-state index contributed by atoms with van der Waals surface area (Å²) in [6, 6.07) is 19.7. The topological polar surface area (TPSA) is 106 Å². The van der Waals surface area contributed by atoms with Gasteiger partial charge in [-0.1, -0.05) is 24.6 Å². The average Bonchev–Trinajstić information content (AvgIpc) is 2.87. The van der Waals surface area contributed by atoms with Gasteiger partial charge in [-0.25, -0.2) is 10.2 Å². The third-order valence-corrected chi connectivity index (χ3v) is 4.79. The molecule has 9 heteroatoms. The Morgan fingerprint density at radius 1 is 0.943 bits per heavy atom. The van der Waals surface area contributed by atoms with E-state index < -0.39 is 11.9 Å². The molecular weight excluding hydrogens is 470 g/mol. The minimum Gasteiger partial charge on any atom is -0.494 e. The molecule has 0 atom stereocenters. The van der Waals surface area contributed by atoms with Gasteiger partial charge in [0.25, 0.3) is 11.8 Å². The molecule has 2 amide bonds. The van der Waals surface area contributed by atoms with Crippen molar-refractivity contribution < 1.29 is 23.9 Å². The van der Waals surface area contributed by atoms with E-state index >= 15 is 0 Å². The second-order valence-electron chi connectivity index (χ2n) is 7.32. The molecule has 0 spiro atoms. The molecule has 0 radical (unpaired) electrons. The predicted octanol–water partition coefficient (Wildman–Crippen LogP) is 4.23. The number of hydrogen-bond acceptors (Lipinski definition) is 6. The van der Waals surface area contributed by atoms with Crippen molar-refractivity contribution >= 4 is 35.6 Å². The maximum Gasteiger partial charge on any atom is 0.343 e. The number of nitrogens with zero attached hydrogens (tertiary/aromatic N) is 1. The van der Waals surface area contributed by atoms with Crippen LogP contribution in [0.3, 0.4) is 0 Å². The van der Waals surface area contributed by atoms with E-state index in [1.807, 2.05) is 6.92 Å². The fourth-order valence-corrected chi connectivity index (χ4v) is 3.00. The minimum absolute atomic E-state index is 0.233. The molecule has 0 aromatic heterocycles. The number of amides is 2. The van der Waals surface area contributed by atoms with Crippen LogP contribution in [-0.4, -0.2) is 37.1 Å². The first-order valence-corrected chi connectivity index (χ1v) is 11.2. The third kappa shape index (κ3) is 8.28. The van der Waals surface area contributed by atoms with Crippen molar-refractivity contribution in [3.63, 3.8) is 0 Å². The summed E-state index contributed by atoms with van der Waals surface area (Å²) in [5.74, 6) is -0.353. The van der Waals surface area contributed by atoms with Crippen LogP contribution in [0.2, 0.25) is 5.02 Å². The maximum absolute atomic E-state index is 12.2. The van der Waals surface area contributed by atoms with Gasteiger partial charge < -0.3 is 14.8 Å². The Labute approximate surface area is 207 Å². The number of ether oxygens (including phenoxy) is 2. The van der Waals surface area contributed by atoms with Crippen molar-refractivity contribution in [2.75, 3.05) is 13.2 Å². The van der Waals surface area contributed by atoms with Crippen molar-refractivity contribution in [1.82, 2.24) is 10.7 Å². The molecule has 0 aliphatic rings. The zero-order valence-electron chi connectivity index (χ0n) is 19.0. The molecule has 8 nitrogen and oxygen atoms in total. The standard InChI is InChI=1S/C26H24ClN3O5/c1-2-14-34-22-12-8-19(9-13-22)25(32)28-17-24(31)30-29-16-18-6-10-23(11-7-18)35-26(33)20-4-3-5-21(27)15-20/h3-13,15-16H,2,14,17H2,1H3,(H,28,32)(H,30,31). The molecule has 0 saturated carbocycles. The first-order chi connectivity index (χ1) is 16.9.